The molecule has 0 saturated heterocycles. The van der Waals surface area contributed by atoms with Gasteiger partial charge in [-0.05, 0) is 100 Å². The quantitative estimate of drug-likeness (QED) is 0.525. The normalized spacial score (nSPS) is 33.0. The fourth-order valence-corrected chi connectivity index (χ4v) is 6.64. The molecule has 0 radical (unpaired) electrons. The molecule has 0 aliphatic heterocycles. The van der Waals surface area contributed by atoms with E-state index >= 15 is 0 Å². The Labute approximate surface area is 148 Å². The van der Waals surface area contributed by atoms with E-state index in [1.807, 2.05) is 0 Å². The Morgan fingerprint density at radius 2 is 1.35 bits per heavy atom. The minimum Gasteiger partial charge on any atom is -0.188 e. The van der Waals surface area contributed by atoms with Crippen LogP contribution >= 0.6 is 0 Å². The van der Waals surface area contributed by atoms with Crippen LogP contribution in [-0.4, -0.2) is 40.1 Å². The van der Waals surface area contributed by atoms with Crippen LogP contribution in [0.5, 0.6) is 0 Å². The molecule has 8 heteroatoms. The Kier molecular flexibility index (Phi) is 2.27. The summed E-state index contributed by atoms with van der Waals surface area (Å²) in [4.78, 5) is 0. The van der Waals surface area contributed by atoms with Crippen LogP contribution in [0.4, 0.5) is 0 Å². The smallest absolute Gasteiger partial charge is 0.188 e. The maximum Gasteiger partial charge on any atom is 0.226 e. The molecule has 3 aromatic heterocycles. The van der Waals surface area contributed by atoms with Gasteiger partial charge in [-0.25, -0.2) is 0 Å². The summed E-state index contributed by atoms with van der Waals surface area (Å²) in [5.41, 5.74) is 4.92. The molecular formula is C18H18N8. The molecule has 8 nitrogen and oxygen atoms in total. The summed E-state index contributed by atoms with van der Waals surface area (Å²) in [5.74, 6) is 2.77. The van der Waals surface area contributed by atoms with Gasteiger partial charge in [-0.2, -0.15) is 9.03 Å². The maximum absolute atomic E-state index is 4.21. The lowest BCUT2D eigenvalue weighted by Gasteiger charge is -2.57. The van der Waals surface area contributed by atoms with Crippen LogP contribution in [-0.2, 0) is 5.41 Å². The van der Waals surface area contributed by atoms with E-state index in [0.717, 1.165) is 28.8 Å². The number of aromatic nitrogens is 8. The highest BCUT2D eigenvalue weighted by atomic mass is 15.6. The molecule has 4 aliphatic carbocycles. The van der Waals surface area contributed by atoms with Gasteiger partial charge in [0.15, 0.2) is 0 Å². The molecule has 4 saturated carbocycles. The van der Waals surface area contributed by atoms with Crippen molar-refractivity contribution in [3.8, 4) is 0 Å². The van der Waals surface area contributed by atoms with E-state index in [4.69, 9.17) is 0 Å². The summed E-state index contributed by atoms with van der Waals surface area (Å²) in [6.45, 7) is 0. The average Bonchev–Trinajstić information content (AvgIpc) is 3.29. The lowest BCUT2D eigenvalue weighted by Crippen LogP contribution is -2.48. The number of rotatable bonds is 1. The van der Waals surface area contributed by atoms with Crippen LogP contribution in [0, 0.1) is 17.8 Å². The van der Waals surface area contributed by atoms with E-state index in [9.17, 15) is 0 Å². The van der Waals surface area contributed by atoms with Crippen molar-refractivity contribution >= 4 is 22.3 Å². The van der Waals surface area contributed by atoms with Crippen LogP contribution in [0.1, 0.15) is 44.1 Å². The predicted molar refractivity (Wildman–Crippen MR) is 92.5 cm³/mol. The number of tetrazole rings is 2. The molecule has 1 aromatic carbocycles. The van der Waals surface area contributed by atoms with Crippen LogP contribution < -0.4 is 0 Å². The van der Waals surface area contributed by atoms with Gasteiger partial charge >= 0.3 is 0 Å². The third-order valence-corrected chi connectivity index (χ3v) is 7.22. The number of hydrogen-bond donors (Lipinski definition) is 0. The van der Waals surface area contributed by atoms with Gasteiger partial charge in [0.05, 0.1) is 11.0 Å². The standard InChI is InChI=1S/C18H18N8/c1-2-14-15(26-17(20-22-24-26)16-19-21-23-25(14)16)6-13(1)18-7-10-3-11(8-18)5-12(4-10)9-18/h1-2,6,10-12H,3-5,7-9H2. The topological polar surface area (TPSA) is 86.2 Å². The first-order valence-corrected chi connectivity index (χ1v) is 9.51. The first-order chi connectivity index (χ1) is 12.8. The summed E-state index contributed by atoms with van der Waals surface area (Å²) in [5, 5.41) is 24.2. The van der Waals surface area contributed by atoms with Crippen LogP contribution in [0.25, 0.3) is 22.3 Å². The van der Waals surface area contributed by atoms with E-state index in [2.05, 4.69) is 49.3 Å². The Morgan fingerprint density at radius 1 is 0.769 bits per heavy atom. The second kappa shape index (κ2) is 4.36. The van der Waals surface area contributed by atoms with Crippen molar-refractivity contribution < 1.29 is 0 Å². The average molecular weight is 346 g/mol. The molecule has 4 aromatic rings. The molecule has 26 heavy (non-hydrogen) atoms. The Balaban J connectivity index is 1.51. The number of fused-ring (bicyclic) bond motifs is 6. The molecule has 130 valence electrons. The molecule has 0 atom stereocenters. The molecular weight excluding hydrogens is 328 g/mol. The molecule has 4 aliphatic rings. The zero-order chi connectivity index (χ0) is 16.9. The summed E-state index contributed by atoms with van der Waals surface area (Å²) in [6, 6.07) is 6.74. The molecule has 0 spiro atoms. The number of benzene rings is 1. The lowest BCUT2D eigenvalue weighted by atomic mass is 9.48. The van der Waals surface area contributed by atoms with Gasteiger partial charge < -0.3 is 0 Å². The van der Waals surface area contributed by atoms with Crippen molar-refractivity contribution in [3.63, 3.8) is 0 Å². The second-order valence-electron chi connectivity index (χ2n) is 8.73. The summed E-state index contributed by atoms with van der Waals surface area (Å²) >= 11 is 0. The SMILES string of the molecule is c1cc2c(cc1C13CC4CC(CC(C4)C1)C3)n1nnnc1c1nnnn21. The van der Waals surface area contributed by atoms with E-state index in [1.54, 1.807) is 9.03 Å². The van der Waals surface area contributed by atoms with Gasteiger partial charge in [0.1, 0.15) is 0 Å². The molecule has 4 fully saturated rings. The van der Waals surface area contributed by atoms with Gasteiger partial charge in [0.25, 0.3) is 0 Å². The van der Waals surface area contributed by atoms with E-state index < -0.39 is 0 Å². The predicted octanol–water partition coefficient (Wildman–Crippen LogP) is 2.18. The molecule has 0 amide bonds. The third-order valence-electron chi connectivity index (χ3n) is 7.22. The van der Waals surface area contributed by atoms with Crippen molar-refractivity contribution in [2.45, 2.75) is 43.9 Å². The van der Waals surface area contributed by atoms with Crippen molar-refractivity contribution in [1.29, 1.82) is 0 Å². The summed E-state index contributed by atoms with van der Waals surface area (Å²) in [6.07, 6.45) is 8.39. The van der Waals surface area contributed by atoms with E-state index in [0.29, 0.717) is 16.7 Å². The van der Waals surface area contributed by atoms with Gasteiger partial charge in [0.2, 0.25) is 11.3 Å². The van der Waals surface area contributed by atoms with Crippen LogP contribution in [0.15, 0.2) is 18.2 Å². The van der Waals surface area contributed by atoms with Crippen molar-refractivity contribution in [2.75, 3.05) is 0 Å². The van der Waals surface area contributed by atoms with Crippen molar-refractivity contribution in [3.05, 3.63) is 23.8 Å². The monoisotopic (exact) mass is 346 g/mol. The van der Waals surface area contributed by atoms with E-state index in [-0.39, 0.29) is 0 Å². The highest BCUT2D eigenvalue weighted by molar-refractivity contribution is 5.84. The van der Waals surface area contributed by atoms with Gasteiger partial charge in [0, 0.05) is 0 Å². The van der Waals surface area contributed by atoms with Crippen LogP contribution in [0.2, 0.25) is 0 Å². The molecule has 3 heterocycles. The summed E-state index contributed by atoms with van der Waals surface area (Å²) in [7, 11) is 0. The first kappa shape index (κ1) is 13.5. The minimum absolute atomic E-state index is 0.346. The van der Waals surface area contributed by atoms with E-state index in [1.165, 1.54) is 44.1 Å². The highest BCUT2D eigenvalue weighted by Crippen LogP contribution is 2.60. The molecule has 0 N–H and O–H groups in total. The Morgan fingerprint density at radius 3 is 1.96 bits per heavy atom. The first-order valence-electron chi connectivity index (χ1n) is 9.51. The van der Waals surface area contributed by atoms with Gasteiger partial charge in [-0.3, -0.25) is 0 Å². The Hall–Kier alpha value is -2.64. The fraction of sp³-hybridized carbons (Fsp3) is 0.556. The maximum atomic E-state index is 4.21. The molecule has 8 rings (SSSR count). The number of hydrogen-bond acceptors (Lipinski definition) is 6. The molecule has 4 bridgehead atoms. The highest BCUT2D eigenvalue weighted by Gasteiger charge is 2.51. The van der Waals surface area contributed by atoms with Crippen molar-refractivity contribution in [1.82, 2.24) is 40.1 Å². The van der Waals surface area contributed by atoms with Crippen LogP contribution in [0.3, 0.4) is 0 Å². The second-order valence-corrected chi connectivity index (χ2v) is 8.73. The zero-order valence-corrected chi connectivity index (χ0v) is 14.3. The molecule has 0 unspecified atom stereocenters. The number of nitrogens with zero attached hydrogens (tertiary/aromatic N) is 8. The Bertz CT molecular complexity index is 1150. The van der Waals surface area contributed by atoms with Gasteiger partial charge in [-0.1, -0.05) is 6.07 Å². The summed E-state index contributed by atoms with van der Waals surface area (Å²) < 4.78 is 3.52. The fourth-order valence-electron chi connectivity index (χ4n) is 6.64. The minimum atomic E-state index is 0.346. The van der Waals surface area contributed by atoms with Crippen molar-refractivity contribution in [2.24, 2.45) is 17.8 Å². The zero-order valence-electron chi connectivity index (χ0n) is 14.3. The third kappa shape index (κ3) is 1.56. The lowest BCUT2D eigenvalue weighted by molar-refractivity contribution is -0.00514. The van der Waals surface area contributed by atoms with Gasteiger partial charge in [-0.15, -0.1) is 10.2 Å². The largest absolute Gasteiger partial charge is 0.226 e.